The molecule has 0 aliphatic rings. The van der Waals surface area contributed by atoms with Crippen LogP contribution in [0.1, 0.15) is 22.8 Å². The van der Waals surface area contributed by atoms with Crippen molar-refractivity contribution >= 4 is 44.3 Å². The van der Waals surface area contributed by atoms with Crippen LogP contribution in [-0.4, -0.2) is 17.4 Å². The zero-order valence-electron chi connectivity index (χ0n) is 10.2. The summed E-state index contributed by atoms with van der Waals surface area (Å²) in [4.78, 5) is 16.5. The Morgan fingerprint density at radius 1 is 1.37 bits per heavy atom. The number of aromatic nitrogens is 1. The number of rotatable bonds is 4. The Kier molecular flexibility index (Phi) is 4.93. The Hall–Kier alpha value is -0.950. The number of carbonyl (C=O) groups excluding carboxylic acids is 1. The quantitative estimate of drug-likeness (QED) is 0.540. The largest absolute Gasteiger partial charge is 0.492 e. The van der Waals surface area contributed by atoms with E-state index >= 15 is 0 Å². The maximum Gasteiger partial charge on any atom is 0.195 e. The fourth-order valence-electron chi connectivity index (χ4n) is 1.62. The average Bonchev–Trinajstić information content (AvgIpc) is 2.41. The Balaban J connectivity index is 2.38. The molecule has 19 heavy (non-hydrogen) atoms. The molecule has 1 heterocycles. The normalized spacial score (nSPS) is 10.3. The minimum Gasteiger partial charge on any atom is -0.492 e. The van der Waals surface area contributed by atoms with Crippen LogP contribution >= 0.6 is 38.5 Å². The minimum absolute atomic E-state index is 0.0700. The first-order valence-corrected chi connectivity index (χ1v) is 7.56. The lowest BCUT2D eigenvalue weighted by Crippen LogP contribution is -2.04. The topological polar surface area (TPSA) is 39.2 Å². The van der Waals surface area contributed by atoms with Gasteiger partial charge in [0.15, 0.2) is 5.78 Å². The van der Waals surface area contributed by atoms with Crippen molar-refractivity contribution in [3.8, 4) is 5.75 Å². The predicted molar refractivity (Wildman–Crippen MR) is 85.7 cm³/mol. The first kappa shape index (κ1) is 14.5. The molecule has 1 aromatic carbocycles. The molecule has 5 heteroatoms. The lowest BCUT2D eigenvalue weighted by Gasteiger charge is -2.07. The summed E-state index contributed by atoms with van der Waals surface area (Å²) >= 11 is 5.58. The van der Waals surface area contributed by atoms with Crippen molar-refractivity contribution < 1.29 is 9.53 Å². The number of nitrogens with zero attached hydrogens (tertiary/aromatic N) is 1. The van der Waals surface area contributed by atoms with Crippen molar-refractivity contribution in [2.24, 2.45) is 0 Å². The first-order chi connectivity index (χ1) is 9.11. The molecule has 0 N–H and O–H groups in total. The number of halogens is 2. The van der Waals surface area contributed by atoms with E-state index in [0.717, 1.165) is 8.04 Å². The predicted octanol–water partition coefficient (Wildman–Crippen LogP) is 4.08. The number of ketones is 1. The number of benzene rings is 1. The highest BCUT2D eigenvalue weighted by atomic mass is 127. The van der Waals surface area contributed by atoms with Crippen LogP contribution < -0.4 is 4.74 Å². The van der Waals surface area contributed by atoms with Gasteiger partial charge < -0.3 is 4.74 Å². The molecular formula is C14H11BrINO2. The second-order valence-electron chi connectivity index (χ2n) is 3.80. The molecule has 0 fully saturated rings. The maximum absolute atomic E-state index is 12.4. The number of hydrogen-bond acceptors (Lipinski definition) is 3. The van der Waals surface area contributed by atoms with Crippen molar-refractivity contribution in [1.29, 1.82) is 0 Å². The molecule has 1 aromatic heterocycles. The molecule has 0 spiro atoms. The van der Waals surface area contributed by atoms with Crippen molar-refractivity contribution in [3.63, 3.8) is 0 Å². The summed E-state index contributed by atoms with van der Waals surface area (Å²) < 4.78 is 7.15. The zero-order valence-corrected chi connectivity index (χ0v) is 13.9. The van der Waals surface area contributed by atoms with Crippen LogP contribution in [0.15, 0.2) is 41.1 Å². The van der Waals surface area contributed by atoms with Crippen molar-refractivity contribution in [3.05, 3.63) is 55.8 Å². The lowest BCUT2D eigenvalue weighted by atomic mass is 10.1. The molecule has 0 atom stereocenters. The van der Waals surface area contributed by atoms with Gasteiger partial charge in [0.05, 0.1) is 12.8 Å². The molecular weight excluding hydrogens is 421 g/mol. The third kappa shape index (κ3) is 3.54. The fourth-order valence-corrected chi connectivity index (χ4v) is 2.53. The van der Waals surface area contributed by atoms with Crippen LogP contribution in [0.4, 0.5) is 0 Å². The number of ether oxygens (including phenoxy) is 1. The molecule has 3 nitrogen and oxygen atoms in total. The number of pyridine rings is 1. The van der Waals surface area contributed by atoms with Gasteiger partial charge in [-0.1, -0.05) is 15.9 Å². The summed E-state index contributed by atoms with van der Waals surface area (Å²) in [6, 6.07) is 7.37. The van der Waals surface area contributed by atoms with E-state index in [-0.39, 0.29) is 5.78 Å². The van der Waals surface area contributed by atoms with E-state index in [1.165, 1.54) is 0 Å². The van der Waals surface area contributed by atoms with Gasteiger partial charge in [-0.15, -0.1) is 0 Å². The van der Waals surface area contributed by atoms with Gasteiger partial charge in [-0.3, -0.25) is 9.78 Å². The van der Waals surface area contributed by atoms with E-state index in [9.17, 15) is 4.79 Å². The second-order valence-corrected chi connectivity index (χ2v) is 5.90. The zero-order chi connectivity index (χ0) is 13.8. The molecule has 0 saturated carbocycles. The minimum atomic E-state index is -0.0700. The van der Waals surface area contributed by atoms with Gasteiger partial charge >= 0.3 is 0 Å². The Bertz CT molecular complexity index is 616. The highest BCUT2D eigenvalue weighted by Crippen LogP contribution is 2.23. The third-order valence-corrected chi connectivity index (χ3v) is 3.82. The lowest BCUT2D eigenvalue weighted by molar-refractivity contribution is 0.103. The Morgan fingerprint density at radius 3 is 2.89 bits per heavy atom. The van der Waals surface area contributed by atoms with Crippen molar-refractivity contribution in [1.82, 2.24) is 4.98 Å². The number of carbonyl (C=O) groups is 1. The molecule has 0 bridgehead atoms. The van der Waals surface area contributed by atoms with E-state index in [2.05, 4.69) is 43.5 Å². The maximum atomic E-state index is 12.4. The molecule has 98 valence electrons. The summed E-state index contributed by atoms with van der Waals surface area (Å²) in [5.74, 6) is 0.537. The van der Waals surface area contributed by atoms with E-state index < -0.39 is 0 Å². The van der Waals surface area contributed by atoms with Crippen LogP contribution in [0.25, 0.3) is 0 Å². The molecule has 2 rings (SSSR count). The van der Waals surface area contributed by atoms with Gasteiger partial charge in [-0.05, 0) is 53.8 Å². The van der Waals surface area contributed by atoms with Gasteiger partial charge in [0.2, 0.25) is 0 Å². The number of hydrogen-bond donors (Lipinski definition) is 0. The van der Waals surface area contributed by atoms with Crippen LogP contribution in [0.3, 0.4) is 0 Å². The Labute approximate surface area is 133 Å². The average molecular weight is 432 g/mol. The van der Waals surface area contributed by atoms with E-state index in [1.54, 1.807) is 18.5 Å². The standard InChI is InChI=1S/C14H11BrINO2/c1-2-19-11-5-9(7-17-8-11)14(18)12-6-10(16)3-4-13(12)15/h3-8H,2H2,1H3. The molecule has 2 aromatic rings. The van der Waals surface area contributed by atoms with E-state index in [0.29, 0.717) is 23.5 Å². The van der Waals surface area contributed by atoms with Gasteiger partial charge in [-0.25, -0.2) is 0 Å². The molecule has 0 aliphatic carbocycles. The van der Waals surface area contributed by atoms with Crippen LogP contribution in [0, 0.1) is 3.57 Å². The van der Waals surface area contributed by atoms with Gasteiger partial charge in [-0.2, -0.15) is 0 Å². The SMILES string of the molecule is CCOc1cncc(C(=O)c2cc(I)ccc2Br)c1. The van der Waals surface area contributed by atoms with Crippen LogP contribution in [0.2, 0.25) is 0 Å². The van der Waals surface area contributed by atoms with E-state index in [4.69, 9.17) is 4.74 Å². The smallest absolute Gasteiger partial charge is 0.195 e. The van der Waals surface area contributed by atoms with E-state index in [1.807, 2.05) is 25.1 Å². The molecule has 0 radical (unpaired) electrons. The summed E-state index contributed by atoms with van der Waals surface area (Å²) in [5, 5.41) is 0. The van der Waals surface area contributed by atoms with Crippen LogP contribution in [0.5, 0.6) is 5.75 Å². The van der Waals surface area contributed by atoms with Crippen LogP contribution in [-0.2, 0) is 0 Å². The Morgan fingerprint density at radius 2 is 2.16 bits per heavy atom. The van der Waals surface area contributed by atoms with Crippen molar-refractivity contribution in [2.75, 3.05) is 6.61 Å². The molecule has 0 saturated heterocycles. The molecule has 0 aliphatic heterocycles. The second kappa shape index (κ2) is 6.47. The summed E-state index contributed by atoms with van der Waals surface area (Å²) in [6.45, 7) is 2.44. The highest BCUT2D eigenvalue weighted by molar-refractivity contribution is 14.1. The van der Waals surface area contributed by atoms with Gasteiger partial charge in [0.1, 0.15) is 5.75 Å². The summed E-state index contributed by atoms with van der Waals surface area (Å²) in [6.07, 6.45) is 3.15. The fraction of sp³-hybridized carbons (Fsp3) is 0.143. The summed E-state index contributed by atoms with van der Waals surface area (Å²) in [5.41, 5.74) is 1.15. The monoisotopic (exact) mass is 431 g/mol. The molecule has 0 amide bonds. The third-order valence-electron chi connectivity index (χ3n) is 2.46. The van der Waals surface area contributed by atoms with Gasteiger partial charge in [0.25, 0.3) is 0 Å². The molecule has 0 unspecified atom stereocenters. The highest BCUT2D eigenvalue weighted by Gasteiger charge is 2.14. The van der Waals surface area contributed by atoms with Crippen molar-refractivity contribution in [2.45, 2.75) is 6.92 Å². The summed E-state index contributed by atoms with van der Waals surface area (Å²) in [7, 11) is 0. The first-order valence-electron chi connectivity index (χ1n) is 5.69. The van der Waals surface area contributed by atoms with Gasteiger partial charge in [0, 0.05) is 25.4 Å².